The van der Waals surface area contributed by atoms with Crippen LogP contribution >= 0.6 is 0 Å². The van der Waals surface area contributed by atoms with Gasteiger partial charge in [0.1, 0.15) is 11.3 Å². The van der Waals surface area contributed by atoms with E-state index in [2.05, 4.69) is 29.8 Å². The molecule has 8 nitrogen and oxygen atoms in total. The Kier molecular flexibility index (Phi) is 6.48. The maximum Gasteiger partial charge on any atom is 0.319 e. The molecule has 1 heterocycles. The van der Waals surface area contributed by atoms with E-state index in [0.717, 1.165) is 11.1 Å². The average Bonchev–Trinajstić information content (AvgIpc) is 2.91. The SMILES string of the molecule is CC(C)CC1(C)NC(=N)N(Cc2ccc(CNC(=O)Nc3ccccc3O)cc2)C1=O. The lowest BCUT2D eigenvalue weighted by Crippen LogP contribution is -2.44. The number of nitrogens with zero attached hydrogens (tertiary/aromatic N) is 1. The minimum atomic E-state index is -0.740. The van der Waals surface area contributed by atoms with Crippen molar-refractivity contribution >= 4 is 23.6 Å². The second-order valence-electron chi connectivity index (χ2n) is 8.44. The largest absolute Gasteiger partial charge is 0.506 e. The molecule has 1 fully saturated rings. The fourth-order valence-corrected chi connectivity index (χ4v) is 3.76. The summed E-state index contributed by atoms with van der Waals surface area (Å²) in [6.45, 7) is 6.59. The van der Waals surface area contributed by atoms with Crippen molar-refractivity contribution in [3.05, 3.63) is 59.7 Å². The number of guanidine groups is 1. The van der Waals surface area contributed by atoms with Crippen molar-refractivity contribution < 1.29 is 14.7 Å². The van der Waals surface area contributed by atoms with Crippen LogP contribution < -0.4 is 16.0 Å². The topological polar surface area (TPSA) is 118 Å². The minimum Gasteiger partial charge on any atom is -0.506 e. The summed E-state index contributed by atoms with van der Waals surface area (Å²) in [6, 6.07) is 13.6. The molecule has 3 amide bonds. The molecule has 0 saturated carbocycles. The highest BCUT2D eigenvalue weighted by Gasteiger charge is 2.45. The van der Waals surface area contributed by atoms with E-state index in [4.69, 9.17) is 5.41 Å². The van der Waals surface area contributed by atoms with Crippen molar-refractivity contribution in [1.29, 1.82) is 5.41 Å². The smallest absolute Gasteiger partial charge is 0.319 e. The number of phenolic OH excluding ortho intramolecular Hbond substituents is 1. The number of carbonyl (C=O) groups is 2. The van der Waals surface area contributed by atoms with Gasteiger partial charge in [0.05, 0.1) is 12.2 Å². The lowest BCUT2D eigenvalue weighted by atomic mass is 9.91. The van der Waals surface area contributed by atoms with Gasteiger partial charge in [0, 0.05) is 6.54 Å². The summed E-state index contributed by atoms with van der Waals surface area (Å²) in [7, 11) is 0. The molecule has 1 aliphatic rings. The number of hydrogen-bond acceptors (Lipinski definition) is 4. The molecule has 2 aromatic carbocycles. The van der Waals surface area contributed by atoms with Gasteiger partial charge in [-0.15, -0.1) is 0 Å². The number of nitrogens with one attached hydrogen (secondary N) is 4. The Morgan fingerprint density at radius 3 is 2.45 bits per heavy atom. The van der Waals surface area contributed by atoms with E-state index in [9.17, 15) is 14.7 Å². The minimum absolute atomic E-state index is 0.00279. The van der Waals surface area contributed by atoms with Crippen molar-refractivity contribution in [2.75, 3.05) is 5.32 Å². The second-order valence-corrected chi connectivity index (χ2v) is 8.44. The molecule has 0 aromatic heterocycles. The zero-order valence-electron chi connectivity index (χ0n) is 18.0. The lowest BCUT2D eigenvalue weighted by Gasteiger charge is -2.24. The summed E-state index contributed by atoms with van der Waals surface area (Å²) in [5.74, 6) is 0.379. The van der Waals surface area contributed by atoms with Crippen molar-refractivity contribution in [2.24, 2.45) is 5.92 Å². The molecule has 1 saturated heterocycles. The number of aromatic hydroxyl groups is 1. The molecular formula is C23H29N5O3. The first kappa shape index (κ1) is 22.1. The molecule has 1 unspecified atom stereocenters. The molecule has 2 aromatic rings. The molecule has 164 valence electrons. The molecule has 0 spiro atoms. The van der Waals surface area contributed by atoms with Gasteiger partial charge in [-0.2, -0.15) is 0 Å². The summed E-state index contributed by atoms with van der Waals surface area (Å²) >= 11 is 0. The molecule has 5 N–H and O–H groups in total. The quantitative estimate of drug-likeness (QED) is 0.439. The first-order valence-corrected chi connectivity index (χ1v) is 10.3. The van der Waals surface area contributed by atoms with Crippen LogP contribution in [0.2, 0.25) is 0 Å². The Morgan fingerprint density at radius 2 is 1.81 bits per heavy atom. The highest BCUT2D eigenvalue weighted by molar-refractivity contribution is 6.07. The van der Waals surface area contributed by atoms with Gasteiger partial charge in [-0.25, -0.2) is 4.79 Å². The molecule has 8 heteroatoms. The fraction of sp³-hybridized carbons (Fsp3) is 0.348. The van der Waals surface area contributed by atoms with Gasteiger partial charge in [-0.05, 0) is 42.5 Å². The first-order chi connectivity index (χ1) is 14.7. The van der Waals surface area contributed by atoms with Crippen LogP contribution in [0.15, 0.2) is 48.5 Å². The second kappa shape index (κ2) is 9.07. The van der Waals surface area contributed by atoms with Gasteiger partial charge in [0.15, 0.2) is 5.96 Å². The van der Waals surface area contributed by atoms with Crippen LogP contribution in [0, 0.1) is 11.3 Å². The predicted octanol–water partition coefficient (Wildman–Crippen LogP) is 3.39. The zero-order valence-corrected chi connectivity index (χ0v) is 18.0. The van der Waals surface area contributed by atoms with Crippen LogP contribution in [0.4, 0.5) is 10.5 Å². The van der Waals surface area contributed by atoms with E-state index in [1.54, 1.807) is 18.2 Å². The summed E-state index contributed by atoms with van der Waals surface area (Å²) in [4.78, 5) is 26.4. The van der Waals surface area contributed by atoms with E-state index in [1.165, 1.54) is 11.0 Å². The maximum absolute atomic E-state index is 12.8. The van der Waals surface area contributed by atoms with E-state index >= 15 is 0 Å². The molecule has 1 aliphatic heterocycles. The number of carbonyl (C=O) groups excluding carboxylic acids is 2. The maximum atomic E-state index is 12.8. The normalized spacial score (nSPS) is 18.3. The molecule has 0 radical (unpaired) electrons. The lowest BCUT2D eigenvalue weighted by molar-refractivity contribution is -0.131. The number of anilines is 1. The Hall–Kier alpha value is -3.55. The van der Waals surface area contributed by atoms with Crippen LogP contribution in [0.25, 0.3) is 0 Å². The molecule has 0 aliphatic carbocycles. The van der Waals surface area contributed by atoms with Crippen molar-refractivity contribution in [1.82, 2.24) is 15.5 Å². The highest BCUT2D eigenvalue weighted by atomic mass is 16.3. The molecule has 31 heavy (non-hydrogen) atoms. The third kappa shape index (κ3) is 5.33. The van der Waals surface area contributed by atoms with Gasteiger partial charge < -0.3 is 21.1 Å². The number of urea groups is 1. The summed E-state index contributed by atoms with van der Waals surface area (Å²) in [6.07, 6.45) is 0.665. The van der Waals surface area contributed by atoms with Crippen LogP contribution in [-0.4, -0.2) is 33.4 Å². The summed E-state index contributed by atoms with van der Waals surface area (Å²) in [5.41, 5.74) is 1.39. The van der Waals surface area contributed by atoms with Crippen LogP contribution in [-0.2, 0) is 17.9 Å². The standard InChI is InChI=1S/C23H29N5O3/c1-15(2)12-23(3)20(30)28(21(24)27-23)14-17-10-8-16(9-11-17)13-25-22(31)26-18-6-4-5-7-19(18)29/h4-11,15,29H,12-14H2,1-3H3,(H2,24,27)(H2,25,26,31). The number of para-hydroxylation sites is 2. The molecule has 3 rings (SSSR count). The van der Waals surface area contributed by atoms with E-state index in [1.807, 2.05) is 31.2 Å². The van der Waals surface area contributed by atoms with Crippen LogP contribution in [0.1, 0.15) is 38.3 Å². The van der Waals surface area contributed by atoms with E-state index in [0.29, 0.717) is 31.1 Å². The van der Waals surface area contributed by atoms with Gasteiger partial charge in [0.2, 0.25) is 0 Å². The highest BCUT2D eigenvalue weighted by Crippen LogP contribution is 2.26. The number of phenols is 1. The summed E-state index contributed by atoms with van der Waals surface area (Å²) in [5, 5.41) is 26.3. The summed E-state index contributed by atoms with van der Waals surface area (Å²) < 4.78 is 0. The van der Waals surface area contributed by atoms with Crippen molar-refractivity contribution in [2.45, 2.75) is 45.8 Å². The van der Waals surface area contributed by atoms with Gasteiger partial charge in [-0.1, -0.05) is 50.2 Å². The first-order valence-electron chi connectivity index (χ1n) is 10.3. The van der Waals surface area contributed by atoms with Gasteiger partial charge in [0.25, 0.3) is 5.91 Å². The Morgan fingerprint density at radius 1 is 1.16 bits per heavy atom. The number of amides is 3. The van der Waals surface area contributed by atoms with Crippen molar-refractivity contribution in [3.63, 3.8) is 0 Å². The molecule has 1 atom stereocenters. The van der Waals surface area contributed by atoms with Crippen LogP contribution in [0.3, 0.4) is 0 Å². The average molecular weight is 424 g/mol. The Balaban J connectivity index is 1.54. The van der Waals surface area contributed by atoms with E-state index < -0.39 is 11.6 Å². The molecule has 0 bridgehead atoms. The van der Waals surface area contributed by atoms with Crippen molar-refractivity contribution in [3.8, 4) is 5.75 Å². The third-order valence-electron chi connectivity index (χ3n) is 5.17. The molecular weight excluding hydrogens is 394 g/mol. The number of benzene rings is 2. The zero-order chi connectivity index (χ0) is 22.6. The number of hydrogen-bond donors (Lipinski definition) is 5. The fourth-order valence-electron chi connectivity index (χ4n) is 3.76. The van der Waals surface area contributed by atoms with E-state index in [-0.39, 0.29) is 17.6 Å². The Labute approximate surface area is 182 Å². The predicted molar refractivity (Wildman–Crippen MR) is 120 cm³/mol. The van der Waals surface area contributed by atoms with Crippen LogP contribution in [0.5, 0.6) is 5.75 Å². The third-order valence-corrected chi connectivity index (χ3v) is 5.17. The van der Waals surface area contributed by atoms with Gasteiger partial charge >= 0.3 is 6.03 Å². The monoisotopic (exact) mass is 423 g/mol. The number of rotatable bonds is 7. The van der Waals surface area contributed by atoms with Gasteiger partial charge in [-0.3, -0.25) is 15.1 Å². The Bertz CT molecular complexity index is 973.